The lowest BCUT2D eigenvalue weighted by molar-refractivity contribution is -0.120. The van der Waals surface area contributed by atoms with Gasteiger partial charge in [0, 0.05) is 6.04 Å². The molecule has 0 aliphatic carbocycles. The molecular formula is C11H16N2O4. The molecule has 0 fully saturated rings. The van der Waals surface area contributed by atoms with Gasteiger partial charge in [0.05, 0.1) is 13.1 Å². The fourth-order valence-corrected chi connectivity index (χ4v) is 1.26. The second-order valence-electron chi connectivity index (χ2n) is 3.90. The zero-order valence-electron chi connectivity index (χ0n) is 9.82. The maximum atomic E-state index is 11.3. The lowest BCUT2D eigenvalue weighted by Crippen LogP contribution is -2.37. The van der Waals surface area contributed by atoms with Gasteiger partial charge in [-0.1, -0.05) is 0 Å². The Morgan fingerprint density at radius 1 is 1.41 bits per heavy atom. The lowest BCUT2D eigenvalue weighted by Gasteiger charge is -2.08. The molecule has 0 saturated carbocycles. The summed E-state index contributed by atoms with van der Waals surface area (Å²) in [5, 5.41) is 14.2. The summed E-state index contributed by atoms with van der Waals surface area (Å²) < 4.78 is 5.01. The third-order valence-corrected chi connectivity index (χ3v) is 1.91. The van der Waals surface area contributed by atoms with Crippen molar-refractivity contribution >= 4 is 11.9 Å². The number of carboxylic acids is 1. The van der Waals surface area contributed by atoms with Crippen molar-refractivity contribution in [3.05, 3.63) is 23.7 Å². The van der Waals surface area contributed by atoms with E-state index in [1.54, 1.807) is 6.07 Å². The average Bonchev–Trinajstić information content (AvgIpc) is 2.65. The molecule has 3 N–H and O–H groups in total. The number of carbonyl (C=O) groups is 2. The van der Waals surface area contributed by atoms with Crippen LogP contribution in [0.4, 0.5) is 0 Å². The Bertz CT molecular complexity index is 398. The van der Waals surface area contributed by atoms with Crippen LogP contribution in [0.15, 0.2) is 16.5 Å². The zero-order valence-corrected chi connectivity index (χ0v) is 9.82. The fourth-order valence-electron chi connectivity index (χ4n) is 1.26. The molecule has 17 heavy (non-hydrogen) atoms. The second kappa shape index (κ2) is 6.05. The maximum absolute atomic E-state index is 11.3. The van der Waals surface area contributed by atoms with Gasteiger partial charge in [0.1, 0.15) is 5.76 Å². The minimum atomic E-state index is -1.10. The van der Waals surface area contributed by atoms with Gasteiger partial charge in [-0.15, -0.1) is 0 Å². The van der Waals surface area contributed by atoms with Crippen molar-refractivity contribution in [2.45, 2.75) is 26.4 Å². The first-order valence-electron chi connectivity index (χ1n) is 5.31. The highest BCUT2D eigenvalue weighted by Crippen LogP contribution is 2.06. The first kappa shape index (κ1) is 13.2. The Balaban J connectivity index is 2.31. The third-order valence-electron chi connectivity index (χ3n) is 1.91. The number of nitrogens with one attached hydrogen (secondary N) is 2. The van der Waals surface area contributed by atoms with E-state index < -0.39 is 5.97 Å². The normalized spacial score (nSPS) is 10.5. The molecule has 0 bridgehead atoms. The van der Waals surface area contributed by atoms with Crippen molar-refractivity contribution in [3.63, 3.8) is 0 Å². The number of carboxylic acid groups (broad SMARTS) is 1. The molecule has 94 valence electrons. The van der Waals surface area contributed by atoms with Crippen LogP contribution in [0.1, 0.15) is 30.2 Å². The summed E-state index contributed by atoms with van der Waals surface area (Å²) in [5.74, 6) is -0.827. The summed E-state index contributed by atoms with van der Waals surface area (Å²) in [6.07, 6.45) is 0. The van der Waals surface area contributed by atoms with E-state index in [1.165, 1.54) is 6.07 Å². The van der Waals surface area contributed by atoms with E-state index >= 15 is 0 Å². The quantitative estimate of drug-likeness (QED) is 0.677. The summed E-state index contributed by atoms with van der Waals surface area (Å²) in [6, 6.07) is 3.05. The largest absolute Gasteiger partial charge is 0.475 e. The van der Waals surface area contributed by atoms with Crippen LogP contribution in [0.2, 0.25) is 0 Å². The van der Waals surface area contributed by atoms with Gasteiger partial charge >= 0.3 is 5.97 Å². The highest BCUT2D eigenvalue weighted by molar-refractivity contribution is 5.84. The van der Waals surface area contributed by atoms with Crippen LogP contribution in [0.3, 0.4) is 0 Å². The minimum absolute atomic E-state index is 0.103. The molecule has 0 aromatic carbocycles. The Labute approximate surface area is 99.0 Å². The standard InChI is InChI=1S/C11H16N2O4/c1-7(2)13-10(14)6-12-5-8-3-4-9(17-8)11(15)16/h3-4,7,12H,5-6H2,1-2H3,(H,13,14)(H,15,16). The van der Waals surface area contributed by atoms with E-state index in [-0.39, 0.29) is 24.3 Å². The third kappa shape index (κ3) is 4.69. The molecule has 1 heterocycles. The van der Waals surface area contributed by atoms with Gasteiger partial charge in [0.25, 0.3) is 0 Å². The molecule has 0 unspecified atom stereocenters. The Hall–Kier alpha value is -1.82. The molecule has 6 nitrogen and oxygen atoms in total. The number of hydrogen-bond acceptors (Lipinski definition) is 4. The molecular weight excluding hydrogens is 224 g/mol. The Morgan fingerprint density at radius 2 is 2.12 bits per heavy atom. The van der Waals surface area contributed by atoms with Crippen molar-refractivity contribution in [2.75, 3.05) is 6.54 Å². The molecule has 1 aromatic rings. The number of furan rings is 1. The van der Waals surface area contributed by atoms with E-state index in [2.05, 4.69) is 10.6 Å². The van der Waals surface area contributed by atoms with Crippen LogP contribution in [0.25, 0.3) is 0 Å². The summed E-state index contributed by atoms with van der Waals surface area (Å²) in [6.45, 7) is 4.24. The van der Waals surface area contributed by atoms with Crippen molar-refractivity contribution in [3.8, 4) is 0 Å². The van der Waals surface area contributed by atoms with Crippen LogP contribution in [-0.4, -0.2) is 29.6 Å². The van der Waals surface area contributed by atoms with Crippen molar-refractivity contribution in [2.24, 2.45) is 0 Å². The molecule has 0 atom stereocenters. The van der Waals surface area contributed by atoms with Gasteiger partial charge in [0.15, 0.2) is 0 Å². The van der Waals surface area contributed by atoms with Crippen molar-refractivity contribution < 1.29 is 19.1 Å². The second-order valence-corrected chi connectivity index (χ2v) is 3.90. The lowest BCUT2D eigenvalue weighted by atomic mass is 10.4. The monoisotopic (exact) mass is 240 g/mol. The Kier molecular flexibility index (Phi) is 4.71. The van der Waals surface area contributed by atoms with Gasteiger partial charge in [-0.05, 0) is 26.0 Å². The van der Waals surface area contributed by atoms with Crippen LogP contribution in [0, 0.1) is 0 Å². The number of amides is 1. The molecule has 0 saturated heterocycles. The number of carbonyl (C=O) groups excluding carboxylic acids is 1. The predicted molar refractivity (Wildman–Crippen MR) is 60.7 cm³/mol. The molecule has 0 radical (unpaired) electrons. The van der Waals surface area contributed by atoms with Crippen LogP contribution in [-0.2, 0) is 11.3 Å². The highest BCUT2D eigenvalue weighted by atomic mass is 16.4. The molecule has 0 aliphatic heterocycles. The van der Waals surface area contributed by atoms with Crippen LogP contribution >= 0.6 is 0 Å². The molecule has 6 heteroatoms. The zero-order chi connectivity index (χ0) is 12.8. The van der Waals surface area contributed by atoms with Gasteiger partial charge < -0.3 is 20.2 Å². The van der Waals surface area contributed by atoms with E-state index in [9.17, 15) is 9.59 Å². The summed E-state index contributed by atoms with van der Waals surface area (Å²) >= 11 is 0. The molecule has 1 rings (SSSR count). The topological polar surface area (TPSA) is 91.6 Å². The summed E-state index contributed by atoms with van der Waals surface area (Å²) in [7, 11) is 0. The fraction of sp³-hybridized carbons (Fsp3) is 0.455. The SMILES string of the molecule is CC(C)NC(=O)CNCc1ccc(C(=O)O)o1. The van der Waals surface area contributed by atoms with Crippen LogP contribution < -0.4 is 10.6 Å². The average molecular weight is 240 g/mol. The first-order valence-corrected chi connectivity index (χ1v) is 5.31. The summed E-state index contributed by atoms with van der Waals surface area (Å²) in [4.78, 5) is 21.8. The first-order chi connectivity index (χ1) is 7.99. The van der Waals surface area contributed by atoms with Crippen molar-refractivity contribution in [1.29, 1.82) is 0 Å². The van der Waals surface area contributed by atoms with Gasteiger partial charge in [0.2, 0.25) is 11.7 Å². The molecule has 1 aromatic heterocycles. The highest BCUT2D eigenvalue weighted by Gasteiger charge is 2.09. The molecule has 0 spiro atoms. The number of aromatic carboxylic acids is 1. The van der Waals surface area contributed by atoms with Crippen LogP contribution in [0.5, 0.6) is 0 Å². The van der Waals surface area contributed by atoms with E-state index in [0.717, 1.165) is 0 Å². The summed E-state index contributed by atoms with van der Waals surface area (Å²) in [5.41, 5.74) is 0. The minimum Gasteiger partial charge on any atom is -0.475 e. The maximum Gasteiger partial charge on any atom is 0.371 e. The van der Waals surface area contributed by atoms with Gasteiger partial charge in [-0.25, -0.2) is 4.79 Å². The van der Waals surface area contributed by atoms with E-state index in [0.29, 0.717) is 12.3 Å². The predicted octanol–water partition coefficient (Wildman–Crippen LogP) is 0.592. The van der Waals surface area contributed by atoms with E-state index in [4.69, 9.17) is 9.52 Å². The van der Waals surface area contributed by atoms with E-state index in [1.807, 2.05) is 13.8 Å². The van der Waals surface area contributed by atoms with Gasteiger partial charge in [-0.3, -0.25) is 4.79 Å². The number of rotatable bonds is 6. The Morgan fingerprint density at radius 3 is 2.65 bits per heavy atom. The molecule has 0 aliphatic rings. The molecule has 1 amide bonds. The van der Waals surface area contributed by atoms with Crippen molar-refractivity contribution in [1.82, 2.24) is 10.6 Å². The van der Waals surface area contributed by atoms with Gasteiger partial charge in [-0.2, -0.15) is 0 Å². The number of hydrogen-bond donors (Lipinski definition) is 3. The smallest absolute Gasteiger partial charge is 0.371 e.